The molecule has 0 aliphatic carbocycles. The number of hydrogen-bond donors (Lipinski definition) is 3. The van der Waals surface area contributed by atoms with Gasteiger partial charge in [0, 0.05) is 27.4 Å². The van der Waals surface area contributed by atoms with Crippen LogP contribution in [0.5, 0.6) is 0 Å². The molecule has 15 heavy (non-hydrogen) atoms. The fraction of sp³-hybridized carbons (Fsp3) is 0.750. The molecular weight excluding hydrogens is 214 g/mol. The summed E-state index contributed by atoms with van der Waals surface area (Å²) in [6.07, 6.45) is 0.384. The fourth-order valence-electron chi connectivity index (χ4n) is 0.926. The molecule has 7 heteroatoms. The summed E-state index contributed by atoms with van der Waals surface area (Å²) < 4.78 is 15.5. The monoisotopic (exact) mass is 237 g/mol. The average molecular weight is 237 g/mol. The Morgan fingerprint density at radius 1 is 1.00 bits per heavy atom. The van der Waals surface area contributed by atoms with Crippen LogP contribution in [0.2, 0.25) is 6.04 Å². The minimum absolute atomic E-state index is 0.384. The van der Waals surface area contributed by atoms with E-state index in [1.807, 2.05) is 0 Å². The number of nitrogens with two attached hydrogens (primary N) is 3. The van der Waals surface area contributed by atoms with Gasteiger partial charge in [0.05, 0.1) is 0 Å². The lowest BCUT2D eigenvalue weighted by atomic mass is 10.3. The van der Waals surface area contributed by atoms with Gasteiger partial charge < -0.3 is 30.5 Å². The first kappa shape index (κ1) is 17.1. The van der Waals surface area contributed by atoms with Crippen molar-refractivity contribution in [3.05, 3.63) is 13.2 Å². The van der Waals surface area contributed by atoms with Crippen LogP contribution in [0.1, 0.15) is 6.42 Å². The van der Waals surface area contributed by atoms with Crippen LogP contribution in [0.25, 0.3) is 0 Å². The van der Waals surface area contributed by atoms with E-state index < -0.39 is 14.6 Å². The molecule has 0 radical (unpaired) electrons. The Labute approximate surface area is 92.7 Å². The van der Waals surface area contributed by atoms with Crippen LogP contribution in [0.3, 0.4) is 0 Å². The van der Waals surface area contributed by atoms with Crippen molar-refractivity contribution < 1.29 is 13.3 Å². The summed E-state index contributed by atoms with van der Waals surface area (Å²) in [6.45, 7) is 6.00. The average Bonchev–Trinajstić information content (AvgIpc) is 2.22. The third kappa shape index (κ3) is 7.62. The molecule has 0 rings (SSSR count). The van der Waals surface area contributed by atoms with Gasteiger partial charge in [0.1, 0.15) is 5.79 Å². The number of hydrogen-bond acceptors (Lipinski definition) is 6. The molecule has 0 aliphatic rings. The van der Waals surface area contributed by atoms with Gasteiger partial charge in [-0.15, -0.1) is 13.2 Å². The van der Waals surface area contributed by atoms with Crippen LogP contribution in [0.4, 0.5) is 0 Å². The molecule has 92 valence electrons. The van der Waals surface area contributed by atoms with E-state index in [-0.39, 0.29) is 0 Å². The second-order valence-corrected chi connectivity index (χ2v) is 6.00. The van der Waals surface area contributed by atoms with Crippen molar-refractivity contribution in [1.29, 1.82) is 0 Å². The SMILES string of the molecule is C=C.CO[Si](CCC(N)(N)N)(OC)OC. The minimum atomic E-state index is -2.57. The van der Waals surface area contributed by atoms with Gasteiger partial charge in [-0.05, 0) is 6.42 Å². The first-order valence-corrected chi connectivity index (χ1v) is 6.34. The normalized spacial score (nSPS) is 11.9. The zero-order valence-corrected chi connectivity index (χ0v) is 10.8. The summed E-state index contributed by atoms with van der Waals surface area (Å²) in [7, 11) is 2.03. The van der Waals surface area contributed by atoms with E-state index >= 15 is 0 Å². The third-order valence-electron chi connectivity index (χ3n) is 1.80. The zero-order chi connectivity index (χ0) is 12.5. The Morgan fingerprint density at radius 3 is 1.53 bits per heavy atom. The van der Waals surface area contributed by atoms with Crippen LogP contribution in [-0.4, -0.2) is 35.9 Å². The van der Waals surface area contributed by atoms with E-state index in [9.17, 15) is 0 Å². The predicted molar refractivity (Wildman–Crippen MR) is 62.8 cm³/mol. The maximum Gasteiger partial charge on any atom is 0.500 e. The van der Waals surface area contributed by atoms with Crippen molar-refractivity contribution >= 4 is 8.80 Å². The van der Waals surface area contributed by atoms with Crippen molar-refractivity contribution in [3.8, 4) is 0 Å². The largest absolute Gasteiger partial charge is 0.500 e. The van der Waals surface area contributed by atoms with Crippen LogP contribution >= 0.6 is 0 Å². The van der Waals surface area contributed by atoms with E-state index in [0.717, 1.165) is 0 Å². The molecule has 0 saturated heterocycles. The lowest BCUT2D eigenvalue weighted by Gasteiger charge is -2.27. The summed E-state index contributed by atoms with van der Waals surface area (Å²) in [5.41, 5.74) is 16.3. The Balaban J connectivity index is 0. The summed E-state index contributed by atoms with van der Waals surface area (Å²) in [5.74, 6) is -1.20. The van der Waals surface area contributed by atoms with Crippen molar-refractivity contribution in [1.82, 2.24) is 0 Å². The van der Waals surface area contributed by atoms with Crippen molar-refractivity contribution in [2.75, 3.05) is 21.3 Å². The molecule has 0 spiro atoms. The quantitative estimate of drug-likeness (QED) is 0.329. The minimum Gasteiger partial charge on any atom is -0.377 e. The topological polar surface area (TPSA) is 106 Å². The summed E-state index contributed by atoms with van der Waals surface area (Å²) in [5, 5.41) is 0. The van der Waals surface area contributed by atoms with E-state index in [4.69, 9.17) is 30.5 Å². The second-order valence-electron chi connectivity index (χ2n) is 2.91. The molecule has 6 nitrogen and oxygen atoms in total. The Bertz CT molecular complexity index is 151. The summed E-state index contributed by atoms with van der Waals surface area (Å²) in [6, 6.07) is 0.500. The molecule has 0 aliphatic heterocycles. The summed E-state index contributed by atoms with van der Waals surface area (Å²) >= 11 is 0. The third-order valence-corrected chi connectivity index (χ3v) is 4.53. The van der Waals surface area contributed by atoms with E-state index in [0.29, 0.717) is 12.5 Å². The highest BCUT2D eigenvalue weighted by Crippen LogP contribution is 2.16. The maximum absolute atomic E-state index is 5.42. The first-order valence-electron chi connectivity index (χ1n) is 4.41. The van der Waals surface area contributed by atoms with Gasteiger partial charge in [-0.2, -0.15) is 0 Å². The maximum atomic E-state index is 5.42. The van der Waals surface area contributed by atoms with Gasteiger partial charge in [-0.3, -0.25) is 0 Å². The highest BCUT2D eigenvalue weighted by Gasteiger charge is 2.38. The molecule has 0 bridgehead atoms. The Morgan fingerprint density at radius 2 is 1.33 bits per heavy atom. The van der Waals surface area contributed by atoms with Crippen molar-refractivity contribution in [2.45, 2.75) is 18.3 Å². The fourth-order valence-corrected chi connectivity index (χ4v) is 2.78. The predicted octanol–water partition coefficient (Wildman–Crippen LogP) is -0.413. The Kier molecular flexibility index (Phi) is 9.06. The molecule has 0 atom stereocenters. The first-order chi connectivity index (χ1) is 6.89. The van der Waals surface area contributed by atoms with Crippen molar-refractivity contribution in [3.63, 3.8) is 0 Å². The van der Waals surface area contributed by atoms with E-state index in [2.05, 4.69) is 13.2 Å². The van der Waals surface area contributed by atoms with Crippen LogP contribution < -0.4 is 17.2 Å². The number of rotatable bonds is 6. The lowest BCUT2D eigenvalue weighted by molar-refractivity contribution is 0.120. The molecule has 0 aromatic rings. The standard InChI is InChI=1S/C6H19N3O3Si.C2H4/c1-10-13(11-2,12-3)5-4-6(7,8)9;1-2/h4-5,7-9H2,1-3H3;1-2H2. The molecule has 0 aromatic heterocycles. The van der Waals surface area contributed by atoms with Gasteiger partial charge >= 0.3 is 8.80 Å². The van der Waals surface area contributed by atoms with Gasteiger partial charge in [0.2, 0.25) is 0 Å². The molecule has 6 N–H and O–H groups in total. The van der Waals surface area contributed by atoms with E-state index in [1.54, 1.807) is 0 Å². The second kappa shape index (κ2) is 7.94. The molecular formula is C8H23N3O3Si. The molecule has 0 saturated carbocycles. The highest BCUT2D eigenvalue weighted by atomic mass is 28.4. The molecule has 0 amide bonds. The molecule has 0 heterocycles. The Hall–Kier alpha value is -0.283. The molecule has 0 fully saturated rings. The lowest BCUT2D eigenvalue weighted by Crippen LogP contribution is -2.59. The van der Waals surface area contributed by atoms with Crippen molar-refractivity contribution in [2.24, 2.45) is 17.2 Å². The highest BCUT2D eigenvalue weighted by molar-refractivity contribution is 6.60. The molecule has 0 aromatic carbocycles. The molecule has 0 unspecified atom stereocenters. The van der Waals surface area contributed by atoms with Crippen LogP contribution in [-0.2, 0) is 13.3 Å². The smallest absolute Gasteiger partial charge is 0.377 e. The van der Waals surface area contributed by atoms with Crippen LogP contribution in [0, 0.1) is 0 Å². The van der Waals surface area contributed by atoms with Gasteiger partial charge in [0.15, 0.2) is 0 Å². The van der Waals surface area contributed by atoms with Gasteiger partial charge in [-0.1, -0.05) is 0 Å². The zero-order valence-electron chi connectivity index (χ0n) is 9.79. The van der Waals surface area contributed by atoms with Gasteiger partial charge in [0.25, 0.3) is 0 Å². The van der Waals surface area contributed by atoms with Crippen LogP contribution in [0.15, 0.2) is 13.2 Å². The van der Waals surface area contributed by atoms with Gasteiger partial charge in [-0.25, -0.2) is 0 Å². The van der Waals surface area contributed by atoms with E-state index in [1.165, 1.54) is 21.3 Å². The summed E-state index contributed by atoms with van der Waals surface area (Å²) in [4.78, 5) is 0.